The molecule has 0 heterocycles. The van der Waals surface area contributed by atoms with Crippen molar-refractivity contribution in [3.05, 3.63) is 30.3 Å². The van der Waals surface area contributed by atoms with Gasteiger partial charge >= 0.3 is 0 Å². The highest BCUT2D eigenvalue weighted by atomic mass is 15.4. The van der Waals surface area contributed by atoms with Crippen molar-refractivity contribution < 1.29 is 0 Å². The minimum Gasteiger partial charge on any atom is -0.320 e. The third-order valence-corrected chi connectivity index (χ3v) is 2.03. The normalized spacial score (nSPS) is 12.1. The van der Waals surface area contributed by atoms with E-state index in [0.29, 0.717) is 5.92 Å². The van der Waals surface area contributed by atoms with Crippen molar-refractivity contribution >= 4 is 5.69 Å². The minimum absolute atomic E-state index is 0.148. The molecule has 1 unspecified atom stereocenters. The lowest BCUT2D eigenvalue weighted by Gasteiger charge is -2.15. The number of nitrogens with zero attached hydrogens (tertiary/aromatic N) is 1. The summed E-state index contributed by atoms with van der Waals surface area (Å²) >= 11 is 0. The molecule has 0 saturated carbocycles. The third-order valence-electron chi connectivity index (χ3n) is 2.03. The van der Waals surface area contributed by atoms with E-state index >= 15 is 0 Å². The van der Waals surface area contributed by atoms with Crippen LogP contribution in [0.4, 0.5) is 5.69 Å². The van der Waals surface area contributed by atoms with Gasteiger partial charge in [0.05, 0.1) is 6.07 Å². The fraction of sp³-hybridized carbons (Fsp3) is 0.417. The number of rotatable bonds is 5. The summed E-state index contributed by atoms with van der Waals surface area (Å²) < 4.78 is 0. The van der Waals surface area contributed by atoms with Gasteiger partial charge in [0.2, 0.25) is 0 Å². The number of para-hydroxylation sites is 1. The molecule has 3 nitrogen and oxygen atoms in total. The molecule has 0 saturated heterocycles. The molecule has 1 atom stereocenters. The maximum Gasteiger partial charge on any atom is 0.113 e. The Morgan fingerprint density at radius 3 is 2.47 bits per heavy atom. The van der Waals surface area contributed by atoms with Gasteiger partial charge in [0, 0.05) is 5.69 Å². The molecule has 0 aliphatic heterocycles. The number of anilines is 1. The molecule has 3 heteroatoms. The second-order valence-corrected chi connectivity index (χ2v) is 3.95. The highest BCUT2D eigenvalue weighted by molar-refractivity contribution is 5.41. The molecule has 1 aromatic rings. The summed E-state index contributed by atoms with van der Waals surface area (Å²) in [6.07, 6.45) is 0.844. The molecule has 0 aliphatic carbocycles. The lowest BCUT2D eigenvalue weighted by atomic mass is 10.1. The number of hydrogen-bond donors (Lipinski definition) is 2. The number of nitriles is 1. The van der Waals surface area contributed by atoms with Gasteiger partial charge in [-0.1, -0.05) is 32.0 Å². The second-order valence-electron chi connectivity index (χ2n) is 3.95. The highest BCUT2D eigenvalue weighted by Crippen LogP contribution is 2.06. The van der Waals surface area contributed by atoms with Crippen molar-refractivity contribution in [3.8, 4) is 6.07 Å². The van der Waals surface area contributed by atoms with Crippen LogP contribution in [0.15, 0.2) is 30.3 Å². The van der Waals surface area contributed by atoms with Gasteiger partial charge < -0.3 is 5.43 Å². The fourth-order valence-corrected chi connectivity index (χ4v) is 1.31. The lowest BCUT2D eigenvalue weighted by molar-refractivity contribution is 0.504. The number of hydrazine groups is 1. The average molecular weight is 203 g/mol. The van der Waals surface area contributed by atoms with E-state index < -0.39 is 0 Å². The molecule has 0 aliphatic rings. The highest BCUT2D eigenvalue weighted by Gasteiger charge is 2.08. The molecule has 1 rings (SSSR count). The minimum atomic E-state index is -0.148. The summed E-state index contributed by atoms with van der Waals surface area (Å²) in [6, 6.07) is 11.9. The van der Waals surface area contributed by atoms with Crippen LogP contribution in [0, 0.1) is 17.2 Å². The Labute approximate surface area is 91.1 Å². The van der Waals surface area contributed by atoms with Gasteiger partial charge in [-0.3, -0.25) is 0 Å². The molecule has 1 aromatic carbocycles. The molecule has 0 fully saturated rings. The number of benzene rings is 1. The van der Waals surface area contributed by atoms with Crippen LogP contribution in [0.5, 0.6) is 0 Å². The third kappa shape index (κ3) is 4.48. The fourth-order valence-electron chi connectivity index (χ4n) is 1.31. The van der Waals surface area contributed by atoms with Crippen LogP contribution < -0.4 is 10.9 Å². The summed E-state index contributed by atoms with van der Waals surface area (Å²) in [5.41, 5.74) is 7.01. The van der Waals surface area contributed by atoms with Crippen molar-refractivity contribution in [1.82, 2.24) is 5.43 Å². The molecule has 2 N–H and O–H groups in total. The average Bonchev–Trinajstić information content (AvgIpc) is 2.25. The zero-order chi connectivity index (χ0) is 11.1. The van der Waals surface area contributed by atoms with E-state index in [-0.39, 0.29) is 6.04 Å². The molecule has 0 spiro atoms. The van der Waals surface area contributed by atoms with Gasteiger partial charge in [0.25, 0.3) is 0 Å². The molecule has 0 aromatic heterocycles. The SMILES string of the molecule is CC(C)CC(C#N)NNc1ccccc1. The summed E-state index contributed by atoms with van der Waals surface area (Å²) in [5, 5.41) is 8.90. The Morgan fingerprint density at radius 1 is 1.27 bits per heavy atom. The summed E-state index contributed by atoms with van der Waals surface area (Å²) in [6.45, 7) is 4.21. The monoisotopic (exact) mass is 203 g/mol. The maximum atomic E-state index is 8.90. The van der Waals surface area contributed by atoms with Gasteiger partial charge in [0.1, 0.15) is 6.04 Å². The Kier molecular flexibility index (Phi) is 4.65. The van der Waals surface area contributed by atoms with E-state index in [2.05, 4.69) is 30.8 Å². The molecule has 0 bridgehead atoms. The Bertz CT molecular complexity index is 313. The van der Waals surface area contributed by atoms with Crippen LogP contribution in [0.1, 0.15) is 20.3 Å². The summed E-state index contributed by atoms with van der Waals surface area (Å²) in [5.74, 6) is 0.514. The van der Waals surface area contributed by atoms with Crippen molar-refractivity contribution in [2.45, 2.75) is 26.3 Å². The zero-order valence-corrected chi connectivity index (χ0v) is 9.20. The first-order chi connectivity index (χ1) is 7.22. The number of hydrogen-bond acceptors (Lipinski definition) is 3. The van der Waals surface area contributed by atoms with E-state index in [1.54, 1.807) is 0 Å². The smallest absolute Gasteiger partial charge is 0.113 e. The van der Waals surface area contributed by atoms with E-state index in [1.807, 2.05) is 30.3 Å². The second kappa shape index (κ2) is 6.05. The van der Waals surface area contributed by atoms with E-state index in [1.165, 1.54) is 0 Å². The van der Waals surface area contributed by atoms with Crippen LogP contribution in [0.2, 0.25) is 0 Å². The van der Waals surface area contributed by atoms with Gasteiger partial charge in [-0.15, -0.1) is 0 Å². The van der Waals surface area contributed by atoms with E-state index in [4.69, 9.17) is 5.26 Å². The van der Waals surface area contributed by atoms with Crippen LogP contribution >= 0.6 is 0 Å². The number of nitrogens with one attached hydrogen (secondary N) is 2. The Morgan fingerprint density at radius 2 is 1.93 bits per heavy atom. The first kappa shape index (κ1) is 11.5. The van der Waals surface area contributed by atoms with Crippen LogP contribution in [0.3, 0.4) is 0 Å². The standard InChI is InChI=1S/C12H17N3/c1-10(2)8-12(9-13)15-14-11-6-4-3-5-7-11/h3-7,10,12,14-15H,8H2,1-2H3. The van der Waals surface area contributed by atoms with Crippen LogP contribution in [-0.2, 0) is 0 Å². The van der Waals surface area contributed by atoms with Gasteiger partial charge in [-0.2, -0.15) is 5.26 Å². The molecule has 80 valence electrons. The topological polar surface area (TPSA) is 47.9 Å². The van der Waals surface area contributed by atoms with E-state index in [9.17, 15) is 0 Å². The first-order valence-electron chi connectivity index (χ1n) is 5.18. The van der Waals surface area contributed by atoms with Crippen LogP contribution in [-0.4, -0.2) is 6.04 Å². The molecule has 0 radical (unpaired) electrons. The lowest BCUT2D eigenvalue weighted by Crippen LogP contribution is -2.33. The molecular weight excluding hydrogens is 186 g/mol. The predicted octanol–water partition coefficient (Wildman–Crippen LogP) is 2.54. The Balaban J connectivity index is 2.39. The summed E-state index contributed by atoms with van der Waals surface area (Å²) in [4.78, 5) is 0. The van der Waals surface area contributed by atoms with Crippen LogP contribution in [0.25, 0.3) is 0 Å². The maximum absolute atomic E-state index is 8.90. The van der Waals surface area contributed by atoms with Crippen molar-refractivity contribution in [1.29, 1.82) is 5.26 Å². The predicted molar refractivity (Wildman–Crippen MR) is 62.1 cm³/mol. The zero-order valence-electron chi connectivity index (χ0n) is 9.20. The quantitative estimate of drug-likeness (QED) is 0.723. The van der Waals surface area contributed by atoms with E-state index in [0.717, 1.165) is 12.1 Å². The van der Waals surface area contributed by atoms with Crippen molar-refractivity contribution in [2.75, 3.05) is 5.43 Å². The van der Waals surface area contributed by atoms with Gasteiger partial charge in [-0.05, 0) is 24.5 Å². The largest absolute Gasteiger partial charge is 0.320 e. The van der Waals surface area contributed by atoms with Gasteiger partial charge in [-0.25, -0.2) is 5.43 Å². The first-order valence-corrected chi connectivity index (χ1v) is 5.18. The molecule has 15 heavy (non-hydrogen) atoms. The molecular formula is C12H17N3. The Hall–Kier alpha value is -1.53. The van der Waals surface area contributed by atoms with Gasteiger partial charge in [0.15, 0.2) is 0 Å². The van der Waals surface area contributed by atoms with Crippen molar-refractivity contribution in [2.24, 2.45) is 5.92 Å². The van der Waals surface area contributed by atoms with Crippen molar-refractivity contribution in [3.63, 3.8) is 0 Å². The molecule has 0 amide bonds. The summed E-state index contributed by atoms with van der Waals surface area (Å²) in [7, 11) is 0.